The van der Waals surface area contributed by atoms with Crippen LogP contribution in [0.25, 0.3) is 0 Å². The molecule has 0 fully saturated rings. The monoisotopic (exact) mass is 343 g/mol. The number of benzene rings is 2. The average Bonchev–Trinajstić information content (AvgIpc) is 2.50. The quantitative estimate of drug-likeness (QED) is 0.868. The van der Waals surface area contributed by atoms with Gasteiger partial charge in [0.1, 0.15) is 6.07 Å². The molecule has 0 atom stereocenters. The lowest BCUT2D eigenvalue weighted by atomic mass is 10.2. The topological polar surface area (TPSA) is 64.9 Å². The summed E-state index contributed by atoms with van der Waals surface area (Å²) in [5.74, 6) is -0.123. The second-order valence-electron chi connectivity index (χ2n) is 4.39. The van der Waals surface area contributed by atoms with Crippen LogP contribution in [0.4, 0.5) is 11.4 Å². The second kappa shape index (κ2) is 7.46. The van der Waals surface area contributed by atoms with E-state index in [0.29, 0.717) is 24.2 Å². The van der Waals surface area contributed by atoms with Crippen molar-refractivity contribution in [3.63, 3.8) is 0 Å². The van der Waals surface area contributed by atoms with Gasteiger partial charge in [-0.25, -0.2) is 0 Å². The summed E-state index contributed by atoms with van der Waals surface area (Å²) in [4.78, 5) is 11.9. The number of para-hydroxylation sites is 1. The zero-order chi connectivity index (χ0) is 15.1. The van der Waals surface area contributed by atoms with E-state index in [-0.39, 0.29) is 5.91 Å². The van der Waals surface area contributed by atoms with Crippen molar-refractivity contribution in [2.45, 2.75) is 6.42 Å². The van der Waals surface area contributed by atoms with Crippen LogP contribution >= 0.6 is 15.9 Å². The molecule has 2 aromatic carbocycles. The Kier molecular flexibility index (Phi) is 5.35. The summed E-state index contributed by atoms with van der Waals surface area (Å²) >= 11 is 3.37. The van der Waals surface area contributed by atoms with E-state index in [9.17, 15) is 4.79 Å². The molecule has 2 rings (SSSR count). The number of nitrogens with one attached hydrogen (secondary N) is 2. The van der Waals surface area contributed by atoms with E-state index < -0.39 is 0 Å². The molecule has 0 saturated carbocycles. The van der Waals surface area contributed by atoms with Crippen LogP contribution in [0, 0.1) is 11.3 Å². The van der Waals surface area contributed by atoms with Gasteiger partial charge in [0.25, 0.3) is 0 Å². The van der Waals surface area contributed by atoms with Crippen molar-refractivity contribution in [3.05, 3.63) is 58.6 Å². The SMILES string of the molecule is N#Cc1ccccc1NC(=O)CCNc1ccc(Br)cc1. The molecule has 0 saturated heterocycles. The number of amides is 1. The Balaban J connectivity index is 1.82. The van der Waals surface area contributed by atoms with Gasteiger partial charge in [-0.05, 0) is 36.4 Å². The van der Waals surface area contributed by atoms with Crippen LogP contribution in [-0.2, 0) is 4.79 Å². The maximum atomic E-state index is 11.9. The predicted octanol–water partition coefficient (Wildman–Crippen LogP) is 3.76. The minimum absolute atomic E-state index is 0.123. The summed E-state index contributed by atoms with van der Waals surface area (Å²) in [6.07, 6.45) is 0.329. The zero-order valence-corrected chi connectivity index (χ0v) is 12.9. The van der Waals surface area contributed by atoms with Crippen molar-refractivity contribution in [2.24, 2.45) is 0 Å². The van der Waals surface area contributed by atoms with E-state index in [1.54, 1.807) is 24.3 Å². The maximum absolute atomic E-state index is 11.9. The molecule has 0 unspecified atom stereocenters. The van der Waals surface area contributed by atoms with Gasteiger partial charge >= 0.3 is 0 Å². The van der Waals surface area contributed by atoms with Gasteiger partial charge in [0.2, 0.25) is 5.91 Å². The van der Waals surface area contributed by atoms with E-state index in [0.717, 1.165) is 10.2 Å². The van der Waals surface area contributed by atoms with E-state index >= 15 is 0 Å². The van der Waals surface area contributed by atoms with E-state index in [4.69, 9.17) is 5.26 Å². The minimum Gasteiger partial charge on any atom is -0.385 e. The number of hydrogen-bond donors (Lipinski definition) is 2. The van der Waals surface area contributed by atoms with Crippen LogP contribution in [-0.4, -0.2) is 12.5 Å². The Hall–Kier alpha value is -2.32. The van der Waals surface area contributed by atoms with Crippen molar-refractivity contribution in [2.75, 3.05) is 17.2 Å². The molecule has 0 heterocycles. The van der Waals surface area contributed by atoms with Crippen molar-refractivity contribution in [1.82, 2.24) is 0 Å². The number of halogens is 1. The zero-order valence-electron chi connectivity index (χ0n) is 11.3. The molecule has 0 aromatic heterocycles. The first-order valence-electron chi connectivity index (χ1n) is 6.47. The third-order valence-corrected chi connectivity index (χ3v) is 3.38. The number of carbonyl (C=O) groups is 1. The fourth-order valence-electron chi connectivity index (χ4n) is 1.79. The smallest absolute Gasteiger partial charge is 0.226 e. The van der Waals surface area contributed by atoms with Crippen LogP contribution in [0.15, 0.2) is 53.0 Å². The Morgan fingerprint density at radius 2 is 1.86 bits per heavy atom. The van der Waals surface area contributed by atoms with Crippen molar-refractivity contribution in [3.8, 4) is 6.07 Å². The van der Waals surface area contributed by atoms with E-state index in [1.807, 2.05) is 24.3 Å². The third-order valence-electron chi connectivity index (χ3n) is 2.85. The Morgan fingerprint density at radius 1 is 1.14 bits per heavy atom. The average molecular weight is 344 g/mol. The number of nitrogens with zero attached hydrogens (tertiary/aromatic N) is 1. The molecule has 2 N–H and O–H groups in total. The highest BCUT2D eigenvalue weighted by Crippen LogP contribution is 2.15. The van der Waals surface area contributed by atoms with Gasteiger partial charge in [-0.15, -0.1) is 0 Å². The number of anilines is 2. The largest absolute Gasteiger partial charge is 0.385 e. The van der Waals surface area contributed by atoms with Gasteiger partial charge in [0.05, 0.1) is 11.3 Å². The fraction of sp³-hybridized carbons (Fsp3) is 0.125. The summed E-state index contributed by atoms with van der Waals surface area (Å²) in [6.45, 7) is 0.530. The Bertz CT molecular complexity index is 662. The molecule has 1 amide bonds. The standard InChI is InChI=1S/C16H14BrN3O/c17-13-5-7-14(8-6-13)19-10-9-16(21)20-15-4-2-1-3-12(15)11-18/h1-8,19H,9-10H2,(H,20,21). The van der Waals surface area contributed by atoms with Gasteiger partial charge in [-0.1, -0.05) is 28.1 Å². The van der Waals surface area contributed by atoms with Crippen molar-refractivity contribution >= 4 is 33.2 Å². The maximum Gasteiger partial charge on any atom is 0.226 e. The van der Waals surface area contributed by atoms with Crippen LogP contribution in [0.5, 0.6) is 0 Å². The number of rotatable bonds is 5. The fourth-order valence-corrected chi connectivity index (χ4v) is 2.05. The molecule has 4 nitrogen and oxygen atoms in total. The molecule has 0 radical (unpaired) electrons. The summed E-state index contributed by atoms with van der Waals surface area (Å²) in [5.41, 5.74) is 1.98. The molecular formula is C16H14BrN3O. The summed E-state index contributed by atoms with van der Waals surface area (Å²) < 4.78 is 1.01. The van der Waals surface area contributed by atoms with Crippen molar-refractivity contribution < 1.29 is 4.79 Å². The Labute approximate surface area is 131 Å². The lowest BCUT2D eigenvalue weighted by molar-refractivity contribution is -0.115. The molecule has 0 aliphatic carbocycles. The first kappa shape index (κ1) is 15.1. The molecule has 2 aromatic rings. The van der Waals surface area contributed by atoms with E-state index in [1.165, 1.54) is 0 Å². The molecule has 21 heavy (non-hydrogen) atoms. The molecule has 0 bridgehead atoms. The highest BCUT2D eigenvalue weighted by molar-refractivity contribution is 9.10. The normalized spacial score (nSPS) is 9.71. The molecular weight excluding hydrogens is 330 g/mol. The van der Waals surface area contributed by atoms with Crippen LogP contribution in [0.2, 0.25) is 0 Å². The summed E-state index contributed by atoms with van der Waals surface area (Å²) in [6, 6.07) is 16.8. The van der Waals surface area contributed by atoms with Gasteiger partial charge in [-0.3, -0.25) is 4.79 Å². The lowest BCUT2D eigenvalue weighted by Gasteiger charge is -2.08. The highest BCUT2D eigenvalue weighted by Gasteiger charge is 2.05. The van der Waals surface area contributed by atoms with Crippen LogP contribution in [0.1, 0.15) is 12.0 Å². The van der Waals surface area contributed by atoms with Crippen LogP contribution in [0.3, 0.4) is 0 Å². The minimum atomic E-state index is -0.123. The third kappa shape index (κ3) is 4.62. The van der Waals surface area contributed by atoms with Crippen molar-refractivity contribution in [1.29, 1.82) is 5.26 Å². The Morgan fingerprint density at radius 3 is 2.57 bits per heavy atom. The van der Waals surface area contributed by atoms with Gasteiger partial charge in [0.15, 0.2) is 0 Å². The number of hydrogen-bond acceptors (Lipinski definition) is 3. The molecule has 0 aliphatic heterocycles. The highest BCUT2D eigenvalue weighted by atomic mass is 79.9. The first-order chi connectivity index (χ1) is 10.2. The summed E-state index contributed by atoms with van der Waals surface area (Å²) in [5, 5.41) is 14.9. The molecule has 5 heteroatoms. The first-order valence-corrected chi connectivity index (χ1v) is 7.27. The second-order valence-corrected chi connectivity index (χ2v) is 5.30. The molecule has 0 spiro atoms. The lowest BCUT2D eigenvalue weighted by Crippen LogP contribution is -2.16. The molecule has 0 aliphatic rings. The van der Waals surface area contributed by atoms with Crippen LogP contribution < -0.4 is 10.6 Å². The van der Waals surface area contributed by atoms with Gasteiger partial charge < -0.3 is 10.6 Å². The predicted molar refractivity (Wildman–Crippen MR) is 87.0 cm³/mol. The van der Waals surface area contributed by atoms with E-state index in [2.05, 4.69) is 32.6 Å². The van der Waals surface area contributed by atoms with Gasteiger partial charge in [-0.2, -0.15) is 5.26 Å². The number of nitriles is 1. The van der Waals surface area contributed by atoms with Gasteiger partial charge in [0, 0.05) is 23.1 Å². The molecule has 106 valence electrons. The number of carbonyl (C=O) groups excluding carboxylic acids is 1. The summed E-state index contributed by atoms with van der Waals surface area (Å²) in [7, 11) is 0.